The SMILES string of the molecule is O=C(COCCOc1ccccc1)Oc1c(Cl)cc(Cl)cc1Cl. The largest absolute Gasteiger partial charge is 0.491 e. The minimum absolute atomic E-state index is 0.0619. The van der Waals surface area contributed by atoms with Crippen molar-refractivity contribution in [1.82, 2.24) is 0 Å². The van der Waals surface area contributed by atoms with Gasteiger partial charge >= 0.3 is 5.97 Å². The first kappa shape index (κ1) is 17.9. The molecule has 122 valence electrons. The second-order valence-corrected chi connectivity index (χ2v) is 5.64. The normalized spacial score (nSPS) is 10.4. The highest BCUT2D eigenvalue weighted by atomic mass is 35.5. The van der Waals surface area contributed by atoms with E-state index >= 15 is 0 Å². The zero-order chi connectivity index (χ0) is 16.7. The minimum Gasteiger partial charge on any atom is -0.491 e. The van der Waals surface area contributed by atoms with Crippen molar-refractivity contribution in [2.24, 2.45) is 0 Å². The van der Waals surface area contributed by atoms with E-state index in [1.165, 1.54) is 12.1 Å². The molecule has 0 heterocycles. The maximum absolute atomic E-state index is 11.7. The summed E-state index contributed by atoms with van der Waals surface area (Å²) in [4.78, 5) is 11.7. The third-order valence-electron chi connectivity index (χ3n) is 2.64. The third kappa shape index (κ3) is 5.92. The van der Waals surface area contributed by atoms with E-state index in [0.717, 1.165) is 5.75 Å². The van der Waals surface area contributed by atoms with Crippen LogP contribution in [-0.4, -0.2) is 25.8 Å². The smallest absolute Gasteiger partial charge is 0.337 e. The zero-order valence-electron chi connectivity index (χ0n) is 11.9. The second-order valence-electron chi connectivity index (χ2n) is 4.39. The number of rotatable bonds is 7. The van der Waals surface area contributed by atoms with Gasteiger partial charge in [0.25, 0.3) is 0 Å². The van der Waals surface area contributed by atoms with Crippen molar-refractivity contribution in [3.8, 4) is 11.5 Å². The van der Waals surface area contributed by atoms with Gasteiger partial charge in [0, 0.05) is 5.02 Å². The summed E-state index contributed by atoms with van der Waals surface area (Å²) >= 11 is 17.6. The van der Waals surface area contributed by atoms with E-state index < -0.39 is 5.97 Å². The fraction of sp³-hybridized carbons (Fsp3) is 0.188. The minimum atomic E-state index is -0.615. The topological polar surface area (TPSA) is 44.8 Å². The number of carbonyl (C=O) groups is 1. The molecule has 0 fully saturated rings. The molecule has 4 nitrogen and oxygen atoms in total. The lowest BCUT2D eigenvalue weighted by Crippen LogP contribution is -2.18. The monoisotopic (exact) mass is 374 g/mol. The van der Waals surface area contributed by atoms with Gasteiger partial charge in [-0.2, -0.15) is 0 Å². The molecule has 0 saturated carbocycles. The third-order valence-corrected chi connectivity index (χ3v) is 3.42. The van der Waals surface area contributed by atoms with Crippen LogP contribution in [0.2, 0.25) is 15.1 Å². The van der Waals surface area contributed by atoms with Gasteiger partial charge in [-0.05, 0) is 24.3 Å². The van der Waals surface area contributed by atoms with Gasteiger partial charge in [0.05, 0.1) is 16.7 Å². The molecule has 0 aliphatic carbocycles. The van der Waals surface area contributed by atoms with Crippen LogP contribution in [0.4, 0.5) is 0 Å². The first-order chi connectivity index (χ1) is 11.1. The van der Waals surface area contributed by atoms with E-state index in [9.17, 15) is 4.79 Å². The number of ether oxygens (including phenoxy) is 3. The summed E-state index contributed by atoms with van der Waals surface area (Å²) in [6.45, 7) is 0.319. The zero-order valence-corrected chi connectivity index (χ0v) is 14.2. The summed E-state index contributed by atoms with van der Waals surface area (Å²) < 4.78 is 15.7. The summed E-state index contributed by atoms with van der Waals surface area (Å²) in [6.07, 6.45) is 0. The number of esters is 1. The van der Waals surface area contributed by atoms with Crippen LogP contribution in [-0.2, 0) is 9.53 Å². The van der Waals surface area contributed by atoms with Crippen LogP contribution in [0.15, 0.2) is 42.5 Å². The van der Waals surface area contributed by atoms with Crippen molar-refractivity contribution >= 4 is 40.8 Å². The van der Waals surface area contributed by atoms with Crippen molar-refractivity contribution in [3.05, 3.63) is 57.5 Å². The molecule has 2 aromatic rings. The highest BCUT2D eigenvalue weighted by molar-refractivity contribution is 6.40. The Balaban J connectivity index is 1.71. The molecule has 0 unspecified atom stereocenters. The van der Waals surface area contributed by atoms with Crippen LogP contribution < -0.4 is 9.47 Å². The van der Waals surface area contributed by atoms with Crippen LogP contribution in [0.1, 0.15) is 0 Å². The Kier molecular flexibility index (Phi) is 6.99. The Hall–Kier alpha value is -1.46. The standard InChI is InChI=1S/C16H13Cl3O4/c17-11-8-13(18)16(14(19)9-11)23-15(20)10-21-6-7-22-12-4-2-1-3-5-12/h1-5,8-9H,6-7,10H2. The molecule has 0 saturated heterocycles. The molecule has 0 atom stereocenters. The Labute approximate surface area is 148 Å². The molecular formula is C16H13Cl3O4. The number of hydrogen-bond acceptors (Lipinski definition) is 4. The summed E-state index contributed by atoms with van der Waals surface area (Å²) in [5.74, 6) is 0.182. The molecule has 2 aromatic carbocycles. The highest BCUT2D eigenvalue weighted by Gasteiger charge is 2.13. The maximum atomic E-state index is 11.7. The number of para-hydroxylation sites is 1. The number of carbonyl (C=O) groups excluding carboxylic acids is 1. The molecule has 23 heavy (non-hydrogen) atoms. The Morgan fingerprint density at radius 2 is 1.61 bits per heavy atom. The molecule has 0 amide bonds. The molecule has 0 aliphatic rings. The van der Waals surface area contributed by atoms with Gasteiger partial charge in [-0.25, -0.2) is 4.79 Å². The summed E-state index contributed by atoms with van der Waals surface area (Å²) in [6, 6.07) is 12.2. The van der Waals surface area contributed by atoms with E-state index in [1.54, 1.807) is 0 Å². The molecule has 0 aromatic heterocycles. The lowest BCUT2D eigenvalue weighted by Gasteiger charge is -2.09. The molecule has 0 radical (unpaired) electrons. The fourth-order valence-electron chi connectivity index (χ4n) is 1.66. The number of halogens is 3. The number of hydrogen-bond donors (Lipinski definition) is 0. The second kappa shape index (κ2) is 8.99. The first-order valence-corrected chi connectivity index (χ1v) is 7.80. The van der Waals surface area contributed by atoms with Gasteiger partial charge in [-0.15, -0.1) is 0 Å². The molecule has 7 heteroatoms. The average Bonchev–Trinajstić information content (AvgIpc) is 2.51. The van der Waals surface area contributed by atoms with Gasteiger partial charge < -0.3 is 14.2 Å². The summed E-state index contributed by atoms with van der Waals surface area (Å²) in [5.41, 5.74) is 0. The van der Waals surface area contributed by atoms with Gasteiger partial charge in [0.15, 0.2) is 5.75 Å². The average molecular weight is 376 g/mol. The predicted molar refractivity (Wildman–Crippen MR) is 89.9 cm³/mol. The Morgan fingerprint density at radius 1 is 0.957 bits per heavy atom. The quantitative estimate of drug-likeness (QED) is 0.401. The van der Waals surface area contributed by atoms with Gasteiger partial charge in [-0.3, -0.25) is 0 Å². The molecule has 2 rings (SSSR count). The van der Waals surface area contributed by atoms with Crippen molar-refractivity contribution in [2.75, 3.05) is 19.8 Å². The van der Waals surface area contributed by atoms with E-state index in [0.29, 0.717) is 11.6 Å². The van der Waals surface area contributed by atoms with E-state index in [2.05, 4.69) is 0 Å². The summed E-state index contributed by atoms with van der Waals surface area (Å²) in [7, 11) is 0. The molecule has 0 N–H and O–H groups in total. The molecular weight excluding hydrogens is 363 g/mol. The Morgan fingerprint density at radius 3 is 2.26 bits per heavy atom. The van der Waals surface area contributed by atoms with Crippen LogP contribution in [0.3, 0.4) is 0 Å². The van der Waals surface area contributed by atoms with Gasteiger partial charge in [-0.1, -0.05) is 53.0 Å². The number of benzene rings is 2. The highest BCUT2D eigenvalue weighted by Crippen LogP contribution is 2.35. The lowest BCUT2D eigenvalue weighted by molar-refractivity contribution is -0.139. The Bertz CT molecular complexity index is 639. The molecule has 0 spiro atoms. The van der Waals surface area contributed by atoms with Crippen molar-refractivity contribution in [3.63, 3.8) is 0 Å². The van der Waals surface area contributed by atoms with Crippen molar-refractivity contribution in [1.29, 1.82) is 0 Å². The molecule has 0 aliphatic heterocycles. The van der Waals surface area contributed by atoms with Crippen LogP contribution in [0, 0.1) is 0 Å². The van der Waals surface area contributed by atoms with E-state index in [-0.39, 0.29) is 29.0 Å². The van der Waals surface area contributed by atoms with E-state index in [4.69, 9.17) is 49.0 Å². The van der Waals surface area contributed by atoms with Gasteiger partial charge in [0.1, 0.15) is 19.0 Å². The first-order valence-electron chi connectivity index (χ1n) is 6.67. The fourth-order valence-corrected chi connectivity index (χ4v) is 2.55. The molecule has 0 bridgehead atoms. The van der Waals surface area contributed by atoms with Crippen molar-refractivity contribution in [2.45, 2.75) is 0 Å². The van der Waals surface area contributed by atoms with Crippen LogP contribution in [0.25, 0.3) is 0 Å². The maximum Gasteiger partial charge on any atom is 0.337 e. The summed E-state index contributed by atoms with van der Waals surface area (Å²) in [5, 5.41) is 0.667. The lowest BCUT2D eigenvalue weighted by atomic mass is 10.3. The van der Waals surface area contributed by atoms with Gasteiger partial charge in [0.2, 0.25) is 0 Å². The van der Waals surface area contributed by atoms with E-state index in [1.807, 2.05) is 30.3 Å². The van der Waals surface area contributed by atoms with Crippen LogP contribution >= 0.6 is 34.8 Å². The van der Waals surface area contributed by atoms with Crippen LogP contribution in [0.5, 0.6) is 11.5 Å². The van der Waals surface area contributed by atoms with Crippen molar-refractivity contribution < 1.29 is 19.0 Å². The predicted octanol–water partition coefficient (Wildman–Crippen LogP) is 4.65.